The predicted octanol–water partition coefficient (Wildman–Crippen LogP) is 2.30. The minimum atomic E-state index is -4.47. The van der Waals surface area contributed by atoms with Crippen LogP contribution in [0.2, 0.25) is 0 Å². The van der Waals surface area contributed by atoms with Crippen molar-refractivity contribution in [2.24, 2.45) is 5.92 Å². The first-order valence-electron chi connectivity index (χ1n) is 4.99. The molecule has 1 aliphatic heterocycles. The Morgan fingerprint density at radius 2 is 2.07 bits per heavy atom. The number of alkyl halides is 3. The van der Waals surface area contributed by atoms with Gasteiger partial charge in [0.25, 0.3) is 0 Å². The largest absolute Gasteiger partial charge is 0.522 e. The zero-order chi connectivity index (χ0) is 10.4. The smallest absolute Gasteiger partial charge is 0.316 e. The van der Waals surface area contributed by atoms with Crippen LogP contribution in [0.25, 0.3) is 0 Å². The summed E-state index contributed by atoms with van der Waals surface area (Å²) in [5.74, 6) is 0.333. The van der Waals surface area contributed by atoms with Crippen molar-refractivity contribution >= 4 is 0 Å². The molecule has 0 bridgehead atoms. The first kappa shape index (κ1) is 11.8. The summed E-state index contributed by atoms with van der Waals surface area (Å²) in [6.07, 6.45) is -0.751. The maximum absolute atomic E-state index is 11.7. The lowest BCUT2D eigenvalue weighted by molar-refractivity contribution is -0.325. The Hall–Kier alpha value is -0.290. The van der Waals surface area contributed by atoms with Gasteiger partial charge in [0.05, 0.1) is 6.61 Å². The van der Waals surface area contributed by atoms with Crippen LogP contribution in [0.3, 0.4) is 0 Å². The van der Waals surface area contributed by atoms with Crippen LogP contribution in [-0.4, -0.2) is 26.1 Å². The van der Waals surface area contributed by atoms with E-state index in [-0.39, 0.29) is 6.61 Å². The van der Waals surface area contributed by atoms with Crippen LogP contribution >= 0.6 is 0 Å². The molecule has 0 saturated carbocycles. The Bertz CT molecular complexity index is 153. The second kappa shape index (κ2) is 5.56. The van der Waals surface area contributed by atoms with E-state index in [1.807, 2.05) is 0 Å². The minimum absolute atomic E-state index is 0.212. The molecule has 0 aromatic rings. The molecule has 1 rings (SSSR count). The molecule has 1 saturated heterocycles. The van der Waals surface area contributed by atoms with Crippen molar-refractivity contribution in [3.8, 4) is 0 Å². The molecule has 2 nitrogen and oxygen atoms in total. The van der Waals surface area contributed by atoms with Gasteiger partial charge >= 0.3 is 6.36 Å². The normalized spacial score (nSPS) is 24.6. The van der Waals surface area contributed by atoms with Crippen molar-refractivity contribution in [2.45, 2.75) is 32.0 Å². The number of hydrogen-bond donors (Lipinski definition) is 1. The molecular formula is C9H16F3NO. The van der Waals surface area contributed by atoms with E-state index in [4.69, 9.17) is 0 Å². The van der Waals surface area contributed by atoms with Gasteiger partial charge in [-0.15, -0.1) is 13.2 Å². The molecule has 1 aliphatic rings. The van der Waals surface area contributed by atoms with Crippen LogP contribution in [0.1, 0.15) is 25.7 Å². The van der Waals surface area contributed by atoms with Crippen LogP contribution in [0.5, 0.6) is 0 Å². The topological polar surface area (TPSA) is 21.3 Å². The maximum Gasteiger partial charge on any atom is 0.522 e. The standard InChI is InChI=1S/C9H16F3NO/c10-9(11,12)14-6-4-8-3-1-2-5-13-7-8/h8,13H,1-7H2. The van der Waals surface area contributed by atoms with Crippen molar-refractivity contribution < 1.29 is 17.9 Å². The fraction of sp³-hybridized carbons (Fsp3) is 1.00. The molecular weight excluding hydrogens is 195 g/mol. The summed E-state index contributed by atoms with van der Waals surface area (Å²) in [4.78, 5) is 0. The molecule has 0 aliphatic carbocycles. The van der Waals surface area contributed by atoms with Crippen molar-refractivity contribution in [2.75, 3.05) is 19.7 Å². The molecule has 0 aromatic carbocycles. The third-order valence-corrected chi connectivity index (χ3v) is 2.44. The average Bonchev–Trinajstić information content (AvgIpc) is 2.30. The van der Waals surface area contributed by atoms with Crippen LogP contribution in [0.4, 0.5) is 13.2 Å². The Morgan fingerprint density at radius 3 is 2.79 bits per heavy atom. The van der Waals surface area contributed by atoms with Gasteiger partial charge in [-0.3, -0.25) is 4.74 Å². The lowest BCUT2D eigenvalue weighted by Gasteiger charge is -2.14. The summed E-state index contributed by atoms with van der Waals surface area (Å²) in [6.45, 7) is 1.59. The van der Waals surface area contributed by atoms with E-state index in [2.05, 4.69) is 10.1 Å². The molecule has 0 aromatic heterocycles. The molecule has 1 atom stereocenters. The van der Waals surface area contributed by atoms with Crippen LogP contribution in [-0.2, 0) is 4.74 Å². The van der Waals surface area contributed by atoms with E-state index >= 15 is 0 Å². The third kappa shape index (κ3) is 5.44. The molecule has 0 amide bonds. The van der Waals surface area contributed by atoms with E-state index in [1.165, 1.54) is 0 Å². The average molecular weight is 211 g/mol. The number of halogens is 3. The van der Waals surface area contributed by atoms with Gasteiger partial charge in [0.2, 0.25) is 0 Å². The van der Waals surface area contributed by atoms with Gasteiger partial charge < -0.3 is 5.32 Å². The van der Waals surface area contributed by atoms with Gasteiger partial charge in [-0.05, 0) is 38.3 Å². The lowest BCUT2D eigenvalue weighted by atomic mass is 10.0. The van der Waals surface area contributed by atoms with Crippen LogP contribution in [0.15, 0.2) is 0 Å². The lowest BCUT2D eigenvalue weighted by Crippen LogP contribution is -2.23. The van der Waals surface area contributed by atoms with E-state index < -0.39 is 6.36 Å². The Kier molecular flexibility index (Phi) is 4.68. The summed E-state index contributed by atoms with van der Waals surface area (Å²) < 4.78 is 38.7. The van der Waals surface area contributed by atoms with Crippen molar-refractivity contribution in [3.05, 3.63) is 0 Å². The van der Waals surface area contributed by atoms with E-state index in [9.17, 15) is 13.2 Å². The number of ether oxygens (including phenoxy) is 1. The number of nitrogens with one attached hydrogen (secondary N) is 1. The molecule has 1 heterocycles. The Labute approximate surface area is 81.8 Å². The number of hydrogen-bond acceptors (Lipinski definition) is 2. The molecule has 1 unspecified atom stereocenters. The molecule has 1 fully saturated rings. The van der Waals surface area contributed by atoms with E-state index in [1.54, 1.807) is 0 Å². The highest BCUT2D eigenvalue weighted by atomic mass is 19.4. The second-order valence-corrected chi connectivity index (χ2v) is 3.65. The van der Waals surface area contributed by atoms with E-state index in [0.29, 0.717) is 12.3 Å². The highest BCUT2D eigenvalue weighted by Crippen LogP contribution is 2.19. The van der Waals surface area contributed by atoms with Crippen molar-refractivity contribution in [1.82, 2.24) is 5.32 Å². The van der Waals surface area contributed by atoms with E-state index in [0.717, 1.165) is 32.4 Å². The summed E-state index contributed by atoms with van der Waals surface area (Å²) in [5, 5.41) is 3.21. The van der Waals surface area contributed by atoms with Gasteiger partial charge in [-0.2, -0.15) is 0 Å². The minimum Gasteiger partial charge on any atom is -0.316 e. The molecule has 0 radical (unpaired) electrons. The van der Waals surface area contributed by atoms with Gasteiger partial charge in [0.15, 0.2) is 0 Å². The van der Waals surface area contributed by atoms with Crippen LogP contribution < -0.4 is 5.32 Å². The van der Waals surface area contributed by atoms with Gasteiger partial charge in [0.1, 0.15) is 0 Å². The van der Waals surface area contributed by atoms with Gasteiger partial charge in [-0.1, -0.05) is 6.42 Å². The first-order valence-corrected chi connectivity index (χ1v) is 4.99. The quantitative estimate of drug-likeness (QED) is 0.773. The fourth-order valence-electron chi connectivity index (χ4n) is 1.68. The molecule has 84 valence electrons. The molecule has 1 N–H and O–H groups in total. The highest BCUT2D eigenvalue weighted by molar-refractivity contribution is 4.67. The molecule has 0 spiro atoms. The molecule has 5 heteroatoms. The van der Waals surface area contributed by atoms with Crippen molar-refractivity contribution in [3.63, 3.8) is 0 Å². The monoisotopic (exact) mass is 211 g/mol. The van der Waals surface area contributed by atoms with Gasteiger partial charge in [-0.25, -0.2) is 0 Å². The third-order valence-electron chi connectivity index (χ3n) is 2.44. The van der Waals surface area contributed by atoms with Crippen LogP contribution in [0, 0.1) is 5.92 Å². The SMILES string of the molecule is FC(F)(F)OCCC1CCCCNC1. The fourth-order valence-corrected chi connectivity index (χ4v) is 1.68. The molecule has 14 heavy (non-hydrogen) atoms. The zero-order valence-corrected chi connectivity index (χ0v) is 8.07. The Morgan fingerprint density at radius 1 is 1.29 bits per heavy atom. The second-order valence-electron chi connectivity index (χ2n) is 3.65. The summed E-state index contributed by atoms with van der Waals surface area (Å²) >= 11 is 0. The predicted molar refractivity (Wildman–Crippen MR) is 46.8 cm³/mol. The summed E-state index contributed by atoms with van der Waals surface area (Å²) in [7, 11) is 0. The first-order chi connectivity index (χ1) is 6.58. The van der Waals surface area contributed by atoms with Crippen molar-refractivity contribution in [1.29, 1.82) is 0 Å². The summed E-state index contributed by atoms with van der Waals surface area (Å²) in [6, 6.07) is 0. The number of rotatable bonds is 3. The maximum atomic E-state index is 11.7. The van der Waals surface area contributed by atoms with Gasteiger partial charge in [0, 0.05) is 0 Å². The highest BCUT2D eigenvalue weighted by Gasteiger charge is 2.29. The zero-order valence-electron chi connectivity index (χ0n) is 8.07. The summed E-state index contributed by atoms with van der Waals surface area (Å²) in [5.41, 5.74) is 0. The Balaban J connectivity index is 2.10.